The van der Waals surface area contributed by atoms with Crippen molar-refractivity contribution in [3.63, 3.8) is 0 Å². The number of rotatable bonds is 5. The third-order valence-corrected chi connectivity index (χ3v) is 5.36. The Morgan fingerprint density at radius 1 is 1.30 bits per heavy atom. The van der Waals surface area contributed by atoms with E-state index in [1.807, 2.05) is 13.0 Å². The van der Waals surface area contributed by atoms with Crippen LogP contribution in [0.25, 0.3) is 0 Å². The van der Waals surface area contributed by atoms with Gasteiger partial charge in [-0.3, -0.25) is 13.9 Å². The van der Waals surface area contributed by atoms with Gasteiger partial charge in [-0.1, -0.05) is 17.7 Å². The Hall–Kier alpha value is -2.44. The number of hydrogen-bond donors (Lipinski definition) is 0. The molecular formula is C18H22N2O6S. The molecule has 1 aliphatic rings. The lowest BCUT2D eigenvalue weighted by Crippen LogP contribution is -2.70. The molecular weight excluding hydrogens is 372 g/mol. The second-order valence-corrected chi connectivity index (χ2v) is 8.92. The number of ketones is 1. The van der Waals surface area contributed by atoms with Gasteiger partial charge in [-0.15, -0.1) is 0 Å². The van der Waals surface area contributed by atoms with Crippen LogP contribution in [0.1, 0.15) is 32.8 Å². The molecule has 1 amide bonds. The van der Waals surface area contributed by atoms with Crippen molar-refractivity contribution >= 4 is 22.0 Å². The maximum atomic E-state index is 12.2. The zero-order chi connectivity index (χ0) is 20.5. The van der Waals surface area contributed by atoms with Crippen LogP contribution in [-0.2, 0) is 23.8 Å². The molecule has 1 atom stereocenters. The second-order valence-electron chi connectivity index (χ2n) is 7.30. The summed E-state index contributed by atoms with van der Waals surface area (Å²) in [5.41, 5.74) is -1.67. The van der Waals surface area contributed by atoms with Gasteiger partial charge in [0.2, 0.25) is 0 Å². The largest absolute Gasteiger partial charge is 0.444 e. The Balaban J connectivity index is 2.07. The number of Topliss-reactive ketones (excluding diaryl/α,β-unsaturated/α-hetero) is 1. The summed E-state index contributed by atoms with van der Waals surface area (Å²) in [6.07, 6.45) is -1.07. The number of carbonyl (C=O) groups excluding carboxylic acids is 2. The standard InChI is InChI=1S/C18H22N2O6S/c1-13-5-7-14(8-6-13)27(23,24)25-10-9-18(12-19)15(21)11-20(18)16(22)26-17(2,3)4/h5-8H,9-11H2,1-4H3. The normalized spacial score (nSPS) is 20.0. The van der Waals surface area contributed by atoms with E-state index >= 15 is 0 Å². The van der Waals surface area contributed by atoms with E-state index in [2.05, 4.69) is 0 Å². The van der Waals surface area contributed by atoms with E-state index < -0.39 is 39.7 Å². The van der Waals surface area contributed by atoms with Gasteiger partial charge < -0.3 is 4.74 Å². The maximum absolute atomic E-state index is 12.2. The van der Waals surface area contributed by atoms with Crippen LogP contribution in [-0.4, -0.2) is 49.5 Å². The smallest absolute Gasteiger partial charge is 0.412 e. The van der Waals surface area contributed by atoms with E-state index in [1.165, 1.54) is 12.1 Å². The average Bonchev–Trinajstić information content (AvgIpc) is 2.55. The molecule has 0 bridgehead atoms. The molecule has 1 aliphatic heterocycles. The van der Waals surface area contributed by atoms with Gasteiger partial charge in [-0.05, 0) is 39.8 Å². The molecule has 1 heterocycles. The molecule has 2 rings (SSSR count). The van der Waals surface area contributed by atoms with Gasteiger partial charge in [0.15, 0.2) is 11.3 Å². The highest BCUT2D eigenvalue weighted by Crippen LogP contribution is 2.32. The molecule has 0 radical (unpaired) electrons. The Kier molecular flexibility index (Phi) is 5.63. The number of likely N-dealkylation sites (tertiary alicyclic amines) is 1. The summed E-state index contributed by atoms with van der Waals surface area (Å²) in [6.45, 7) is 6.14. The minimum atomic E-state index is -4.03. The third kappa shape index (κ3) is 4.46. The van der Waals surface area contributed by atoms with Gasteiger partial charge in [0, 0.05) is 6.42 Å². The number of benzene rings is 1. The monoisotopic (exact) mass is 394 g/mol. The van der Waals surface area contributed by atoms with Crippen LogP contribution in [0.5, 0.6) is 0 Å². The molecule has 0 aromatic heterocycles. The van der Waals surface area contributed by atoms with Crippen molar-refractivity contribution in [1.82, 2.24) is 4.90 Å². The first-order valence-electron chi connectivity index (χ1n) is 8.32. The molecule has 0 N–H and O–H groups in total. The first-order chi connectivity index (χ1) is 12.4. The van der Waals surface area contributed by atoms with Gasteiger partial charge in [-0.25, -0.2) is 4.79 Å². The maximum Gasteiger partial charge on any atom is 0.412 e. The molecule has 8 nitrogen and oxygen atoms in total. The van der Waals surface area contributed by atoms with Crippen molar-refractivity contribution < 1.29 is 26.9 Å². The Morgan fingerprint density at radius 3 is 2.37 bits per heavy atom. The molecule has 1 aromatic rings. The molecule has 0 saturated carbocycles. The highest BCUT2D eigenvalue weighted by Gasteiger charge is 2.57. The van der Waals surface area contributed by atoms with Crippen molar-refractivity contribution in [2.45, 2.75) is 50.2 Å². The van der Waals surface area contributed by atoms with E-state index in [9.17, 15) is 23.3 Å². The van der Waals surface area contributed by atoms with Gasteiger partial charge in [0.25, 0.3) is 10.1 Å². The summed E-state index contributed by atoms with van der Waals surface area (Å²) in [5, 5.41) is 9.48. The predicted octanol–water partition coefficient (Wildman–Crippen LogP) is 2.17. The van der Waals surface area contributed by atoms with E-state index in [1.54, 1.807) is 32.9 Å². The fourth-order valence-electron chi connectivity index (χ4n) is 2.53. The summed E-state index contributed by atoms with van der Waals surface area (Å²) >= 11 is 0. The number of ether oxygens (including phenoxy) is 1. The van der Waals surface area contributed by atoms with Crippen molar-refractivity contribution in [2.24, 2.45) is 0 Å². The predicted molar refractivity (Wildman–Crippen MR) is 95.2 cm³/mol. The van der Waals surface area contributed by atoms with E-state index in [4.69, 9.17) is 8.92 Å². The number of aryl methyl sites for hydroxylation is 1. The van der Waals surface area contributed by atoms with Crippen LogP contribution in [0.3, 0.4) is 0 Å². The van der Waals surface area contributed by atoms with Crippen molar-refractivity contribution in [3.05, 3.63) is 29.8 Å². The number of nitrogens with zero attached hydrogens (tertiary/aromatic N) is 2. The zero-order valence-corrected chi connectivity index (χ0v) is 16.5. The molecule has 0 aliphatic carbocycles. The average molecular weight is 394 g/mol. The van der Waals surface area contributed by atoms with E-state index in [0.29, 0.717) is 0 Å². The first kappa shape index (κ1) is 20.9. The van der Waals surface area contributed by atoms with E-state index in [-0.39, 0.29) is 17.9 Å². The molecule has 1 aromatic carbocycles. The van der Waals surface area contributed by atoms with Gasteiger partial charge >= 0.3 is 6.09 Å². The molecule has 0 spiro atoms. The highest BCUT2D eigenvalue weighted by molar-refractivity contribution is 7.86. The molecule has 1 fully saturated rings. The fraction of sp³-hybridized carbons (Fsp3) is 0.500. The number of amides is 1. The fourth-order valence-corrected chi connectivity index (χ4v) is 3.44. The van der Waals surface area contributed by atoms with Crippen molar-refractivity contribution in [1.29, 1.82) is 5.26 Å². The third-order valence-electron chi connectivity index (χ3n) is 4.03. The molecule has 27 heavy (non-hydrogen) atoms. The number of nitriles is 1. The van der Waals surface area contributed by atoms with E-state index in [0.717, 1.165) is 10.5 Å². The van der Waals surface area contributed by atoms with Crippen LogP contribution in [0.15, 0.2) is 29.2 Å². The SMILES string of the molecule is Cc1ccc(S(=O)(=O)OCCC2(C#N)C(=O)CN2C(=O)OC(C)(C)C)cc1. The lowest BCUT2D eigenvalue weighted by atomic mass is 9.82. The molecule has 9 heteroatoms. The second kappa shape index (κ2) is 7.29. The van der Waals surface area contributed by atoms with Crippen LogP contribution >= 0.6 is 0 Å². The van der Waals surface area contributed by atoms with Crippen LogP contribution in [0.4, 0.5) is 4.79 Å². The Morgan fingerprint density at radius 2 is 1.89 bits per heavy atom. The lowest BCUT2D eigenvalue weighted by Gasteiger charge is -2.45. The summed E-state index contributed by atoms with van der Waals surface area (Å²) in [7, 11) is -4.03. The molecule has 146 valence electrons. The van der Waals surface area contributed by atoms with Crippen LogP contribution in [0, 0.1) is 18.3 Å². The van der Waals surface area contributed by atoms with Gasteiger partial charge in [0.05, 0.1) is 24.1 Å². The van der Waals surface area contributed by atoms with Crippen LogP contribution in [0.2, 0.25) is 0 Å². The van der Waals surface area contributed by atoms with Crippen molar-refractivity contribution in [3.8, 4) is 6.07 Å². The highest BCUT2D eigenvalue weighted by atomic mass is 32.2. The Bertz CT molecular complexity index is 880. The summed E-state index contributed by atoms with van der Waals surface area (Å²) in [5.74, 6) is -0.479. The lowest BCUT2D eigenvalue weighted by molar-refractivity contribution is -0.142. The first-order valence-corrected chi connectivity index (χ1v) is 9.73. The molecule has 1 saturated heterocycles. The number of hydrogen-bond acceptors (Lipinski definition) is 7. The van der Waals surface area contributed by atoms with Gasteiger partial charge in [0.1, 0.15) is 5.60 Å². The summed E-state index contributed by atoms with van der Waals surface area (Å²) in [4.78, 5) is 25.2. The quantitative estimate of drug-likeness (QED) is 0.703. The minimum Gasteiger partial charge on any atom is -0.444 e. The minimum absolute atomic E-state index is 0.0250. The molecule has 1 unspecified atom stereocenters. The summed E-state index contributed by atoms with van der Waals surface area (Å²) < 4.78 is 34.6. The Labute approximate surface area is 158 Å². The van der Waals surface area contributed by atoms with Crippen molar-refractivity contribution in [2.75, 3.05) is 13.2 Å². The zero-order valence-electron chi connectivity index (χ0n) is 15.7. The van der Waals surface area contributed by atoms with Crippen LogP contribution < -0.4 is 0 Å². The topological polar surface area (TPSA) is 114 Å². The van der Waals surface area contributed by atoms with Gasteiger partial charge in [-0.2, -0.15) is 13.7 Å². The summed E-state index contributed by atoms with van der Waals surface area (Å²) in [6, 6.07) is 7.90. The number of carbonyl (C=O) groups is 2.